The van der Waals surface area contributed by atoms with E-state index >= 15 is 0 Å². The van der Waals surface area contributed by atoms with E-state index in [9.17, 15) is 4.79 Å². The molecule has 0 N–H and O–H groups in total. The van der Waals surface area contributed by atoms with E-state index in [2.05, 4.69) is 66.9 Å². The first kappa shape index (κ1) is 23.2. The van der Waals surface area contributed by atoms with E-state index in [-0.39, 0.29) is 24.4 Å². The van der Waals surface area contributed by atoms with Crippen LogP contribution in [0.2, 0.25) is 0 Å². The highest BCUT2D eigenvalue weighted by atomic mass is 35.5. The number of benzene rings is 3. The molecule has 2 atom stereocenters. The molecule has 168 valence electrons. The van der Waals surface area contributed by atoms with Crippen molar-refractivity contribution in [1.82, 2.24) is 0 Å². The second-order valence-corrected chi connectivity index (χ2v) is 9.69. The van der Waals surface area contributed by atoms with Crippen molar-refractivity contribution in [3.8, 4) is 0 Å². The maximum atomic E-state index is 13.8. The van der Waals surface area contributed by atoms with E-state index in [4.69, 9.17) is 0 Å². The molecule has 0 aliphatic carbocycles. The summed E-state index contributed by atoms with van der Waals surface area (Å²) in [7, 11) is 0. The lowest BCUT2D eigenvalue weighted by Gasteiger charge is -2.36. The maximum absolute atomic E-state index is 13.8. The standard InChI is InChI=1S/C28H27N2OS.ClH/c1-20(2)23-19-29-24-15-9-10-16-25(24)32-28(29)30(27(23)22-13-7-4-8-14-22)26(31)18-17-21-11-5-3-6-12-21;/h3-18,20,23,27H,19H2,1-2H3;1H/q+1;/p-1/b18-17+;/t23-,27+;/m0./s1. The Labute approximate surface area is 205 Å². The first-order valence-corrected chi connectivity index (χ1v) is 12.0. The van der Waals surface area contributed by atoms with Gasteiger partial charge in [-0.05, 0) is 46.6 Å². The molecule has 1 amide bonds. The van der Waals surface area contributed by atoms with Crippen LogP contribution in [0.3, 0.4) is 0 Å². The average molecular weight is 475 g/mol. The van der Waals surface area contributed by atoms with Crippen LogP contribution in [0.1, 0.15) is 31.0 Å². The molecule has 0 radical (unpaired) electrons. The van der Waals surface area contributed by atoms with Crippen LogP contribution in [0.15, 0.2) is 91.0 Å². The van der Waals surface area contributed by atoms with Crippen LogP contribution in [0.25, 0.3) is 16.3 Å². The normalized spacial score (nSPS) is 17.8. The van der Waals surface area contributed by atoms with Crippen LogP contribution < -0.4 is 21.9 Å². The Morgan fingerprint density at radius 2 is 1.61 bits per heavy atom. The van der Waals surface area contributed by atoms with E-state index in [0.717, 1.165) is 17.2 Å². The molecule has 3 nitrogen and oxygen atoms in total. The first-order chi connectivity index (χ1) is 15.6. The summed E-state index contributed by atoms with van der Waals surface area (Å²) in [4.78, 5) is 15.8. The molecule has 4 aromatic rings. The van der Waals surface area contributed by atoms with E-state index < -0.39 is 0 Å². The average Bonchev–Trinajstić information content (AvgIpc) is 3.21. The minimum absolute atomic E-state index is 0. The van der Waals surface area contributed by atoms with Gasteiger partial charge in [-0.3, -0.25) is 0 Å². The lowest BCUT2D eigenvalue weighted by molar-refractivity contribution is -0.669. The quantitative estimate of drug-likeness (QED) is 0.329. The van der Waals surface area contributed by atoms with Crippen molar-refractivity contribution in [2.75, 3.05) is 4.90 Å². The summed E-state index contributed by atoms with van der Waals surface area (Å²) in [5.74, 6) is 0.753. The van der Waals surface area contributed by atoms with Gasteiger partial charge in [0.25, 0.3) is 0 Å². The third kappa shape index (κ3) is 4.46. The second-order valence-electron chi connectivity index (χ2n) is 8.68. The number of thiazole rings is 1. The molecule has 33 heavy (non-hydrogen) atoms. The number of anilines is 1. The molecule has 1 aromatic heterocycles. The summed E-state index contributed by atoms with van der Waals surface area (Å²) < 4.78 is 3.56. The number of para-hydroxylation sites is 1. The molecule has 0 bridgehead atoms. The Hall–Kier alpha value is -2.95. The van der Waals surface area contributed by atoms with Gasteiger partial charge in [-0.2, -0.15) is 4.90 Å². The monoisotopic (exact) mass is 474 g/mol. The van der Waals surface area contributed by atoms with Crippen molar-refractivity contribution in [2.45, 2.75) is 26.4 Å². The Bertz CT molecular complexity index is 1270. The van der Waals surface area contributed by atoms with Crippen LogP contribution in [-0.4, -0.2) is 5.91 Å². The van der Waals surface area contributed by atoms with Crippen LogP contribution in [0, 0.1) is 11.8 Å². The molecule has 1 aliphatic heterocycles. The third-order valence-corrected chi connectivity index (χ3v) is 7.49. The fourth-order valence-electron chi connectivity index (χ4n) is 4.66. The summed E-state index contributed by atoms with van der Waals surface area (Å²) in [6.45, 7) is 5.44. The minimum Gasteiger partial charge on any atom is -1.00 e. The van der Waals surface area contributed by atoms with Crippen molar-refractivity contribution in [1.29, 1.82) is 0 Å². The zero-order valence-electron chi connectivity index (χ0n) is 18.8. The number of hydrogen-bond donors (Lipinski definition) is 0. The predicted octanol–water partition coefficient (Wildman–Crippen LogP) is 3.27. The van der Waals surface area contributed by atoms with E-state index in [1.165, 1.54) is 15.8 Å². The number of fused-ring (bicyclic) bond motifs is 3. The van der Waals surface area contributed by atoms with Gasteiger partial charge < -0.3 is 12.4 Å². The number of aromatic nitrogens is 1. The lowest BCUT2D eigenvalue weighted by Crippen LogP contribution is -3.00. The molecular formula is C28H27ClN2OS. The Balaban J connectivity index is 0.00000259. The Morgan fingerprint density at radius 1 is 0.970 bits per heavy atom. The van der Waals surface area contributed by atoms with Crippen molar-refractivity contribution in [2.24, 2.45) is 11.8 Å². The largest absolute Gasteiger partial charge is 1.00 e. The van der Waals surface area contributed by atoms with E-state index in [0.29, 0.717) is 11.8 Å². The molecule has 3 aromatic carbocycles. The van der Waals surface area contributed by atoms with Crippen LogP contribution in [-0.2, 0) is 11.3 Å². The summed E-state index contributed by atoms with van der Waals surface area (Å²) >= 11 is 1.70. The number of carbonyl (C=O) groups is 1. The summed E-state index contributed by atoms with van der Waals surface area (Å²) in [5.41, 5.74) is 3.42. The number of nitrogens with zero attached hydrogens (tertiary/aromatic N) is 2. The molecule has 0 spiro atoms. The topological polar surface area (TPSA) is 24.2 Å². The summed E-state index contributed by atoms with van der Waals surface area (Å²) in [6.07, 6.45) is 3.64. The Kier molecular flexibility index (Phi) is 6.96. The SMILES string of the molecule is CC(C)[C@@H]1C[n+]2c(sc3ccccc32)N(C(=O)/C=C/c2ccccc2)[C@@H]1c1ccccc1.[Cl-]. The lowest BCUT2D eigenvalue weighted by atomic mass is 9.82. The maximum Gasteiger partial charge on any atom is 0.345 e. The fourth-order valence-corrected chi connectivity index (χ4v) is 5.88. The number of amides is 1. The molecule has 5 heteroatoms. The molecule has 0 unspecified atom stereocenters. The zero-order valence-corrected chi connectivity index (χ0v) is 20.3. The van der Waals surface area contributed by atoms with Gasteiger partial charge in [0.1, 0.15) is 11.6 Å². The highest BCUT2D eigenvalue weighted by Crippen LogP contribution is 2.43. The van der Waals surface area contributed by atoms with Gasteiger partial charge in [0.15, 0.2) is 0 Å². The van der Waals surface area contributed by atoms with Crippen molar-refractivity contribution in [3.63, 3.8) is 0 Å². The fraction of sp³-hybridized carbons (Fsp3) is 0.214. The highest BCUT2D eigenvalue weighted by molar-refractivity contribution is 7.21. The number of halogens is 1. The Morgan fingerprint density at radius 3 is 2.30 bits per heavy atom. The van der Waals surface area contributed by atoms with Gasteiger partial charge in [0.05, 0.1) is 11.2 Å². The van der Waals surface area contributed by atoms with Gasteiger partial charge in [0, 0.05) is 12.0 Å². The van der Waals surface area contributed by atoms with Gasteiger partial charge in [-0.1, -0.05) is 86.6 Å². The summed E-state index contributed by atoms with van der Waals surface area (Å²) in [5, 5.41) is 1.01. The number of rotatable bonds is 4. The smallest absolute Gasteiger partial charge is 0.345 e. The molecule has 1 aliphatic rings. The van der Waals surface area contributed by atoms with Gasteiger partial charge in [-0.15, -0.1) is 0 Å². The van der Waals surface area contributed by atoms with Crippen LogP contribution in [0.5, 0.6) is 0 Å². The molecule has 0 saturated heterocycles. The van der Waals surface area contributed by atoms with Crippen molar-refractivity contribution in [3.05, 3.63) is 102 Å². The third-order valence-electron chi connectivity index (χ3n) is 6.32. The number of hydrogen-bond acceptors (Lipinski definition) is 2. The summed E-state index contributed by atoms with van der Waals surface area (Å²) in [6, 6.07) is 29.0. The molecule has 2 heterocycles. The zero-order chi connectivity index (χ0) is 22.1. The van der Waals surface area contributed by atoms with E-state index in [1.54, 1.807) is 17.4 Å². The van der Waals surface area contributed by atoms with Crippen LogP contribution >= 0.6 is 11.3 Å². The predicted molar refractivity (Wildman–Crippen MR) is 132 cm³/mol. The molecule has 0 saturated carbocycles. The molecule has 5 rings (SSSR count). The minimum atomic E-state index is -0.00261. The first-order valence-electron chi connectivity index (χ1n) is 11.2. The van der Waals surface area contributed by atoms with E-state index in [1.807, 2.05) is 47.4 Å². The molecular weight excluding hydrogens is 448 g/mol. The highest BCUT2D eigenvalue weighted by Gasteiger charge is 2.48. The number of carbonyl (C=O) groups excluding carboxylic acids is 1. The van der Waals surface area contributed by atoms with Crippen LogP contribution in [0.4, 0.5) is 5.13 Å². The van der Waals surface area contributed by atoms with Gasteiger partial charge in [0.2, 0.25) is 0 Å². The van der Waals surface area contributed by atoms with Crippen molar-refractivity contribution >= 4 is 38.7 Å². The van der Waals surface area contributed by atoms with Crippen molar-refractivity contribution < 1.29 is 21.8 Å². The van der Waals surface area contributed by atoms with Gasteiger partial charge >= 0.3 is 11.0 Å². The van der Waals surface area contributed by atoms with Gasteiger partial charge in [-0.25, -0.2) is 9.36 Å². The second kappa shape index (κ2) is 9.90. The molecule has 0 fully saturated rings.